The predicted octanol–water partition coefficient (Wildman–Crippen LogP) is 7.66. The highest BCUT2D eigenvalue weighted by molar-refractivity contribution is 6.48. The Labute approximate surface area is 187 Å². The third-order valence-corrected chi connectivity index (χ3v) is 10.1. The molecule has 0 N–H and O–H groups in total. The summed E-state index contributed by atoms with van der Waals surface area (Å²) in [5, 5.41) is 5.52. The summed E-state index contributed by atoms with van der Waals surface area (Å²) in [6.45, 7) is 9.60. The van der Waals surface area contributed by atoms with Gasteiger partial charge in [-0.1, -0.05) is 110 Å². The van der Waals surface area contributed by atoms with Gasteiger partial charge in [-0.2, -0.15) is 0 Å². The van der Waals surface area contributed by atoms with E-state index in [4.69, 9.17) is 0 Å². The van der Waals surface area contributed by atoms with Gasteiger partial charge >= 0.3 is 0 Å². The quantitative estimate of drug-likeness (QED) is 0.295. The van der Waals surface area contributed by atoms with Crippen molar-refractivity contribution in [2.75, 3.05) is 0 Å². The minimum absolute atomic E-state index is 0.0521. The van der Waals surface area contributed by atoms with Crippen molar-refractivity contribution in [1.29, 1.82) is 0 Å². The SMILES string of the molecule is CC1=Cc2c(ccc3ccccc23)C1(C)[Si]C1(C)C(C)=Cc2c1ccc1ccccc21. The lowest BCUT2D eigenvalue weighted by atomic mass is 9.93. The van der Waals surface area contributed by atoms with E-state index in [0.717, 1.165) is 9.52 Å². The summed E-state index contributed by atoms with van der Waals surface area (Å²) in [5.41, 5.74) is 8.80. The van der Waals surface area contributed by atoms with Gasteiger partial charge in [-0.3, -0.25) is 0 Å². The average molecular weight is 415 g/mol. The van der Waals surface area contributed by atoms with E-state index in [1.807, 2.05) is 0 Å². The van der Waals surface area contributed by atoms with Gasteiger partial charge in [-0.15, -0.1) is 0 Å². The molecule has 6 rings (SSSR count). The summed E-state index contributed by atoms with van der Waals surface area (Å²) in [6, 6.07) is 27.0. The zero-order valence-electron chi connectivity index (χ0n) is 18.6. The molecule has 0 amide bonds. The summed E-state index contributed by atoms with van der Waals surface area (Å²) >= 11 is 0. The molecule has 2 aliphatic carbocycles. The van der Waals surface area contributed by atoms with Gasteiger partial charge in [0, 0.05) is 10.1 Å². The highest BCUT2D eigenvalue weighted by atomic mass is 28.2. The van der Waals surface area contributed by atoms with Crippen LogP contribution in [-0.4, -0.2) is 9.52 Å². The monoisotopic (exact) mass is 414 g/mol. The van der Waals surface area contributed by atoms with E-state index in [2.05, 4.69) is 113 Å². The second-order valence-corrected chi connectivity index (χ2v) is 11.8. The van der Waals surface area contributed by atoms with Crippen molar-refractivity contribution in [2.45, 2.75) is 37.8 Å². The van der Waals surface area contributed by atoms with Crippen molar-refractivity contribution < 1.29 is 0 Å². The van der Waals surface area contributed by atoms with Gasteiger partial charge < -0.3 is 0 Å². The molecule has 0 fully saturated rings. The lowest BCUT2D eigenvalue weighted by molar-refractivity contribution is 0.718. The summed E-state index contributed by atoms with van der Waals surface area (Å²) in [7, 11) is 0.746. The molecule has 0 nitrogen and oxygen atoms in total. The first-order valence-corrected chi connectivity index (χ1v) is 12.1. The Morgan fingerprint density at radius 1 is 0.548 bits per heavy atom. The lowest BCUT2D eigenvalue weighted by Gasteiger charge is -2.38. The fourth-order valence-corrected chi connectivity index (χ4v) is 8.00. The molecule has 0 saturated heterocycles. The maximum absolute atomic E-state index is 2.47. The van der Waals surface area contributed by atoms with Crippen LogP contribution in [0.1, 0.15) is 49.9 Å². The number of allylic oxidation sites excluding steroid dienone is 2. The van der Waals surface area contributed by atoms with Gasteiger partial charge in [0.1, 0.15) is 0 Å². The van der Waals surface area contributed by atoms with Crippen LogP contribution >= 0.6 is 0 Å². The van der Waals surface area contributed by atoms with Crippen molar-refractivity contribution in [3.8, 4) is 0 Å². The molecule has 1 heteroatoms. The van der Waals surface area contributed by atoms with Gasteiger partial charge in [0.25, 0.3) is 0 Å². The van der Waals surface area contributed by atoms with Crippen molar-refractivity contribution in [2.24, 2.45) is 0 Å². The Morgan fingerprint density at radius 2 is 0.968 bits per heavy atom. The molecule has 4 aromatic carbocycles. The maximum atomic E-state index is 2.47. The van der Waals surface area contributed by atoms with Gasteiger partial charge in [0.2, 0.25) is 0 Å². The fourth-order valence-electron chi connectivity index (χ4n) is 5.75. The standard InChI is InChI=1S/C30H26Si/c1-19-17-25-23-11-7-5-9-21(23)13-15-27(25)29(19,3)31-30(4)20(2)18-26-24-12-8-6-10-22(24)14-16-28(26)30/h5-18H,1-4H3. The van der Waals surface area contributed by atoms with Crippen LogP contribution in [0.4, 0.5) is 0 Å². The van der Waals surface area contributed by atoms with Crippen LogP contribution in [0.15, 0.2) is 83.9 Å². The van der Waals surface area contributed by atoms with E-state index >= 15 is 0 Å². The molecule has 0 aromatic heterocycles. The minimum Gasteiger partial charge on any atom is -0.0656 e. The van der Waals surface area contributed by atoms with Crippen molar-refractivity contribution in [3.05, 3.63) is 106 Å². The summed E-state index contributed by atoms with van der Waals surface area (Å²) in [5.74, 6) is 0. The number of hydrogen-bond acceptors (Lipinski definition) is 0. The number of benzene rings is 4. The second-order valence-electron chi connectivity index (χ2n) is 9.53. The minimum atomic E-state index is 0.0521. The van der Waals surface area contributed by atoms with E-state index in [0.29, 0.717) is 0 Å². The van der Waals surface area contributed by atoms with Crippen LogP contribution in [0.2, 0.25) is 0 Å². The van der Waals surface area contributed by atoms with Crippen LogP contribution in [0.25, 0.3) is 33.7 Å². The molecule has 2 unspecified atom stereocenters. The molecular formula is C30H26Si. The van der Waals surface area contributed by atoms with Gasteiger partial charge in [-0.25, -0.2) is 0 Å². The van der Waals surface area contributed by atoms with Crippen molar-refractivity contribution in [3.63, 3.8) is 0 Å². The number of hydrogen-bond donors (Lipinski definition) is 0. The molecule has 0 aliphatic heterocycles. The predicted molar refractivity (Wildman–Crippen MR) is 136 cm³/mol. The van der Waals surface area contributed by atoms with Crippen LogP contribution in [-0.2, 0) is 10.1 Å². The lowest BCUT2D eigenvalue weighted by Crippen LogP contribution is -2.43. The Balaban J connectivity index is 1.52. The molecule has 2 aliphatic rings. The van der Waals surface area contributed by atoms with Crippen LogP contribution in [0, 0.1) is 0 Å². The largest absolute Gasteiger partial charge is 0.0757 e. The molecule has 0 bridgehead atoms. The van der Waals surface area contributed by atoms with Gasteiger partial charge in [0.05, 0.1) is 9.52 Å². The zero-order valence-corrected chi connectivity index (χ0v) is 19.6. The molecule has 2 atom stereocenters. The average Bonchev–Trinajstić information content (AvgIpc) is 3.18. The first-order chi connectivity index (χ1) is 14.9. The Hall–Kier alpha value is -2.90. The first-order valence-electron chi connectivity index (χ1n) is 11.1. The van der Waals surface area contributed by atoms with E-state index < -0.39 is 0 Å². The highest BCUT2D eigenvalue weighted by Gasteiger charge is 2.46. The molecule has 0 heterocycles. The summed E-state index contributed by atoms with van der Waals surface area (Å²) in [6.07, 6.45) is 4.90. The molecule has 31 heavy (non-hydrogen) atoms. The number of fused-ring (bicyclic) bond motifs is 6. The topological polar surface area (TPSA) is 0 Å². The maximum Gasteiger partial charge on any atom is 0.0757 e. The number of rotatable bonds is 2. The molecule has 2 radical (unpaired) electrons. The third kappa shape index (κ3) is 2.47. The Bertz CT molecular complexity index is 1340. The van der Waals surface area contributed by atoms with E-state index in [1.165, 1.54) is 54.9 Å². The van der Waals surface area contributed by atoms with E-state index in [1.54, 1.807) is 0 Å². The first kappa shape index (κ1) is 18.8. The van der Waals surface area contributed by atoms with Crippen LogP contribution < -0.4 is 0 Å². The second kappa shape index (κ2) is 6.31. The Kier molecular flexibility index (Phi) is 3.83. The van der Waals surface area contributed by atoms with Crippen molar-refractivity contribution >= 4 is 43.2 Å². The summed E-state index contributed by atoms with van der Waals surface area (Å²) < 4.78 is 0. The highest BCUT2D eigenvalue weighted by Crippen LogP contribution is 2.51. The molecular weight excluding hydrogens is 388 g/mol. The zero-order chi connectivity index (χ0) is 21.4. The molecule has 0 spiro atoms. The summed E-state index contributed by atoms with van der Waals surface area (Å²) in [4.78, 5) is 0. The van der Waals surface area contributed by atoms with Crippen molar-refractivity contribution in [1.82, 2.24) is 0 Å². The molecule has 4 aromatic rings. The van der Waals surface area contributed by atoms with Crippen LogP contribution in [0.5, 0.6) is 0 Å². The van der Waals surface area contributed by atoms with E-state index in [-0.39, 0.29) is 10.1 Å². The van der Waals surface area contributed by atoms with E-state index in [9.17, 15) is 0 Å². The van der Waals surface area contributed by atoms with Gasteiger partial charge in [-0.05, 0) is 57.6 Å². The molecule has 150 valence electrons. The van der Waals surface area contributed by atoms with Gasteiger partial charge in [0.15, 0.2) is 0 Å². The molecule has 0 saturated carbocycles. The normalized spacial score (nSPS) is 24.3. The smallest absolute Gasteiger partial charge is 0.0656 e. The third-order valence-electron chi connectivity index (χ3n) is 7.82. The fraction of sp³-hybridized carbons (Fsp3) is 0.200. The Morgan fingerprint density at radius 3 is 1.42 bits per heavy atom. The van der Waals surface area contributed by atoms with Crippen LogP contribution in [0.3, 0.4) is 0 Å².